The van der Waals surface area contributed by atoms with Crippen LogP contribution in [-0.4, -0.2) is 9.97 Å². The molecule has 1 N–H and O–H groups in total. The van der Waals surface area contributed by atoms with Gasteiger partial charge in [-0.25, -0.2) is 0 Å². The highest BCUT2D eigenvalue weighted by atomic mass is 35.5. The van der Waals surface area contributed by atoms with Crippen molar-refractivity contribution in [1.29, 1.82) is 0 Å². The maximum absolute atomic E-state index is 6.10. The molecule has 0 saturated heterocycles. The van der Waals surface area contributed by atoms with Crippen molar-refractivity contribution >= 4 is 33.4 Å². The van der Waals surface area contributed by atoms with Crippen LogP contribution in [0.3, 0.4) is 0 Å². The average molecular weight is 257 g/mol. The fourth-order valence-electron chi connectivity index (χ4n) is 3.02. The predicted molar refractivity (Wildman–Crippen MR) is 75.3 cm³/mol. The second kappa shape index (κ2) is 3.72. The fourth-order valence-corrected chi connectivity index (χ4v) is 3.19. The molecule has 0 bridgehead atoms. The van der Waals surface area contributed by atoms with Crippen molar-refractivity contribution in [2.45, 2.75) is 25.7 Å². The lowest BCUT2D eigenvalue weighted by Gasteiger charge is -2.09. The van der Waals surface area contributed by atoms with Crippen LogP contribution in [0, 0.1) is 0 Å². The number of hydrogen-bond donors (Lipinski definition) is 1. The zero-order valence-corrected chi connectivity index (χ0v) is 10.7. The molecule has 18 heavy (non-hydrogen) atoms. The van der Waals surface area contributed by atoms with E-state index in [0.29, 0.717) is 0 Å². The third-order valence-corrected chi connectivity index (χ3v) is 4.13. The Labute approximate surface area is 110 Å². The number of nitrogens with one attached hydrogen (secondary N) is 1. The standard InChI is InChI=1S/C15H13ClN2/c16-9-5-6-13-11(7-9)15-12(8-17-13)10-3-1-2-4-14(10)18-15/h5-8,18H,1-4H2. The number of rotatable bonds is 0. The Bertz CT molecular complexity index is 758. The van der Waals surface area contributed by atoms with Gasteiger partial charge in [-0.15, -0.1) is 0 Å². The minimum atomic E-state index is 0.768. The summed E-state index contributed by atoms with van der Waals surface area (Å²) in [6.07, 6.45) is 6.90. The monoisotopic (exact) mass is 256 g/mol. The van der Waals surface area contributed by atoms with Gasteiger partial charge in [0.2, 0.25) is 0 Å². The number of nitrogens with zero attached hydrogens (tertiary/aromatic N) is 1. The third kappa shape index (κ3) is 1.39. The van der Waals surface area contributed by atoms with Gasteiger partial charge in [0, 0.05) is 27.7 Å². The molecule has 90 valence electrons. The van der Waals surface area contributed by atoms with Crippen LogP contribution in [0.2, 0.25) is 5.02 Å². The fraction of sp³-hybridized carbons (Fsp3) is 0.267. The van der Waals surface area contributed by atoms with Crippen molar-refractivity contribution < 1.29 is 0 Å². The topological polar surface area (TPSA) is 28.7 Å². The van der Waals surface area contributed by atoms with Crippen LogP contribution in [0.1, 0.15) is 24.1 Å². The number of fused-ring (bicyclic) bond motifs is 5. The van der Waals surface area contributed by atoms with E-state index in [-0.39, 0.29) is 0 Å². The van der Waals surface area contributed by atoms with E-state index >= 15 is 0 Å². The molecule has 0 amide bonds. The number of halogens is 1. The number of pyridine rings is 1. The molecular weight excluding hydrogens is 244 g/mol. The first-order valence-electron chi connectivity index (χ1n) is 6.40. The van der Waals surface area contributed by atoms with E-state index in [0.717, 1.165) is 22.3 Å². The van der Waals surface area contributed by atoms with Crippen LogP contribution in [0.15, 0.2) is 24.4 Å². The summed E-state index contributed by atoms with van der Waals surface area (Å²) in [6, 6.07) is 5.89. The molecule has 0 atom stereocenters. The second-order valence-electron chi connectivity index (χ2n) is 5.00. The quantitative estimate of drug-likeness (QED) is 0.640. The Morgan fingerprint density at radius 2 is 2.00 bits per heavy atom. The molecule has 0 unspecified atom stereocenters. The van der Waals surface area contributed by atoms with Crippen LogP contribution in [0.25, 0.3) is 21.8 Å². The number of aromatic nitrogens is 2. The lowest BCUT2D eigenvalue weighted by Crippen LogP contribution is -1.99. The van der Waals surface area contributed by atoms with Gasteiger partial charge in [0.05, 0.1) is 11.0 Å². The summed E-state index contributed by atoms with van der Waals surface area (Å²) in [4.78, 5) is 8.14. The van der Waals surface area contributed by atoms with Gasteiger partial charge < -0.3 is 4.98 Å². The van der Waals surface area contributed by atoms with Crippen LogP contribution in [-0.2, 0) is 12.8 Å². The van der Waals surface area contributed by atoms with Gasteiger partial charge in [-0.3, -0.25) is 4.98 Å². The normalized spacial score (nSPS) is 15.2. The van der Waals surface area contributed by atoms with Crippen molar-refractivity contribution in [3.8, 4) is 0 Å². The van der Waals surface area contributed by atoms with Gasteiger partial charge >= 0.3 is 0 Å². The number of benzene rings is 1. The minimum Gasteiger partial charge on any atom is -0.358 e. The van der Waals surface area contributed by atoms with Crippen molar-refractivity contribution in [3.05, 3.63) is 40.7 Å². The first-order chi connectivity index (χ1) is 8.83. The van der Waals surface area contributed by atoms with Gasteiger partial charge in [-0.2, -0.15) is 0 Å². The van der Waals surface area contributed by atoms with Gasteiger partial charge in [0.1, 0.15) is 0 Å². The van der Waals surface area contributed by atoms with Gasteiger partial charge in [0.15, 0.2) is 0 Å². The predicted octanol–water partition coefficient (Wildman–Crippen LogP) is 4.25. The molecule has 3 heteroatoms. The Kier molecular flexibility index (Phi) is 2.15. The third-order valence-electron chi connectivity index (χ3n) is 3.90. The Morgan fingerprint density at radius 1 is 1.11 bits per heavy atom. The van der Waals surface area contributed by atoms with E-state index in [1.54, 1.807) is 0 Å². The molecular formula is C15H13ClN2. The summed E-state index contributed by atoms with van der Waals surface area (Å²) in [7, 11) is 0. The first-order valence-corrected chi connectivity index (χ1v) is 6.78. The molecule has 1 aromatic carbocycles. The molecule has 0 fully saturated rings. The summed E-state index contributed by atoms with van der Waals surface area (Å²) in [5.74, 6) is 0. The van der Waals surface area contributed by atoms with Crippen LogP contribution in [0.4, 0.5) is 0 Å². The minimum absolute atomic E-state index is 0.768. The maximum atomic E-state index is 6.10. The molecule has 0 spiro atoms. The zero-order valence-electron chi connectivity index (χ0n) is 9.96. The highest BCUT2D eigenvalue weighted by molar-refractivity contribution is 6.31. The summed E-state index contributed by atoms with van der Waals surface area (Å²) < 4.78 is 0. The molecule has 1 aliphatic rings. The van der Waals surface area contributed by atoms with E-state index < -0.39 is 0 Å². The lowest BCUT2D eigenvalue weighted by molar-refractivity contribution is 0.680. The number of hydrogen-bond acceptors (Lipinski definition) is 1. The van der Waals surface area contributed by atoms with Crippen molar-refractivity contribution in [2.24, 2.45) is 0 Å². The average Bonchev–Trinajstić information content (AvgIpc) is 2.78. The van der Waals surface area contributed by atoms with E-state index in [9.17, 15) is 0 Å². The van der Waals surface area contributed by atoms with Crippen molar-refractivity contribution in [2.75, 3.05) is 0 Å². The molecule has 2 heterocycles. The molecule has 0 aliphatic heterocycles. The largest absolute Gasteiger partial charge is 0.358 e. The van der Waals surface area contributed by atoms with E-state index in [4.69, 9.17) is 11.6 Å². The summed E-state index contributed by atoms with van der Waals surface area (Å²) in [5.41, 5.74) is 5.07. The molecule has 0 radical (unpaired) electrons. The van der Waals surface area contributed by atoms with Gasteiger partial charge in [0.25, 0.3) is 0 Å². The summed E-state index contributed by atoms with van der Waals surface area (Å²) in [6.45, 7) is 0. The Hall–Kier alpha value is -1.54. The molecule has 2 nitrogen and oxygen atoms in total. The maximum Gasteiger partial charge on any atom is 0.0724 e. The van der Waals surface area contributed by atoms with Crippen molar-refractivity contribution in [3.63, 3.8) is 0 Å². The molecule has 2 aromatic heterocycles. The second-order valence-corrected chi connectivity index (χ2v) is 5.43. The summed E-state index contributed by atoms with van der Waals surface area (Å²) in [5, 5.41) is 3.18. The van der Waals surface area contributed by atoms with Crippen LogP contribution in [0.5, 0.6) is 0 Å². The highest BCUT2D eigenvalue weighted by Crippen LogP contribution is 2.33. The Morgan fingerprint density at radius 3 is 2.94 bits per heavy atom. The number of aryl methyl sites for hydroxylation is 2. The van der Waals surface area contributed by atoms with Gasteiger partial charge in [-0.05, 0) is 49.4 Å². The zero-order chi connectivity index (χ0) is 12.1. The molecule has 1 aliphatic carbocycles. The van der Waals surface area contributed by atoms with Crippen molar-refractivity contribution in [1.82, 2.24) is 9.97 Å². The smallest absolute Gasteiger partial charge is 0.0724 e. The molecule has 3 aromatic rings. The van der Waals surface area contributed by atoms with E-state index in [1.165, 1.54) is 41.4 Å². The molecule has 0 saturated carbocycles. The van der Waals surface area contributed by atoms with Crippen LogP contribution < -0.4 is 0 Å². The van der Waals surface area contributed by atoms with Gasteiger partial charge in [-0.1, -0.05) is 11.6 Å². The number of H-pyrrole nitrogens is 1. The first kappa shape index (κ1) is 10.4. The molecule has 4 rings (SSSR count). The van der Waals surface area contributed by atoms with Crippen LogP contribution >= 0.6 is 11.6 Å². The Balaban J connectivity index is 2.15. The van der Waals surface area contributed by atoms with E-state index in [1.807, 2.05) is 24.4 Å². The SMILES string of the molecule is Clc1ccc2ncc3c4c([nH]c3c2c1)CCCC4. The highest BCUT2D eigenvalue weighted by Gasteiger charge is 2.16. The lowest BCUT2D eigenvalue weighted by atomic mass is 9.96. The van der Waals surface area contributed by atoms with E-state index in [2.05, 4.69) is 9.97 Å². The summed E-state index contributed by atoms with van der Waals surface area (Å²) >= 11 is 6.10. The number of aromatic amines is 1.